The van der Waals surface area contributed by atoms with Crippen LogP contribution in [0.2, 0.25) is 0 Å². The van der Waals surface area contributed by atoms with Gasteiger partial charge in [0.15, 0.2) is 0 Å². The maximum atomic E-state index is 11.9. The Labute approximate surface area is 127 Å². The monoisotopic (exact) mass is 298 g/mol. The Morgan fingerprint density at radius 1 is 1.19 bits per heavy atom. The summed E-state index contributed by atoms with van der Waals surface area (Å²) in [6.45, 7) is 6.10. The smallest absolute Gasteiger partial charge is 0.326 e. The molecule has 1 aliphatic rings. The van der Waals surface area contributed by atoms with E-state index in [4.69, 9.17) is 5.11 Å². The molecule has 0 aromatic heterocycles. The Balaban J connectivity index is 2.34. The zero-order valence-electron chi connectivity index (χ0n) is 13.5. The minimum absolute atomic E-state index is 0.187. The molecular weight excluding hydrogens is 268 g/mol. The lowest BCUT2D eigenvalue weighted by molar-refractivity contribution is -0.139. The molecule has 0 aromatic rings. The van der Waals surface area contributed by atoms with E-state index >= 15 is 0 Å². The van der Waals surface area contributed by atoms with E-state index in [9.17, 15) is 9.59 Å². The van der Waals surface area contributed by atoms with Crippen LogP contribution in [-0.2, 0) is 4.79 Å². The number of amides is 2. The molecule has 5 heteroatoms. The number of carboxylic acids is 1. The second kappa shape index (κ2) is 8.90. The Kier molecular flexibility index (Phi) is 7.54. The highest BCUT2D eigenvalue weighted by atomic mass is 16.4. The predicted molar refractivity (Wildman–Crippen MR) is 83.2 cm³/mol. The Bertz CT molecular complexity index is 336. The minimum atomic E-state index is -0.967. The summed E-state index contributed by atoms with van der Waals surface area (Å²) in [5.41, 5.74) is 0. The van der Waals surface area contributed by atoms with Crippen molar-refractivity contribution in [2.75, 3.05) is 0 Å². The molecule has 0 radical (unpaired) electrons. The molecule has 3 N–H and O–H groups in total. The number of hydrogen-bond acceptors (Lipinski definition) is 2. The van der Waals surface area contributed by atoms with Crippen LogP contribution in [0, 0.1) is 11.8 Å². The molecule has 0 aliphatic heterocycles. The Morgan fingerprint density at radius 2 is 1.81 bits per heavy atom. The summed E-state index contributed by atoms with van der Waals surface area (Å²) < 4.78 is 0. The van der Waals surface area contributed by atoms with Gasteiger partial charge < -0.3 is 15.7 Å². The summed E-state index contributed by atoms with van der Waals surface area (Å²) >= 11 is 0. The first kappa shape index (κ1) is 17.8. The van der Waals surface area contributed by atoms with E-state index in [-0.39, 0.29) is 18.0 Å². The van der Waals surface area contributed by atoms with Crippen molar-refractivity contribution in [3.63, 3.8) is 0 Å². The lowest BCUT2D eigenvalue weighted by atomic mass is 9.83. The third-order valence-corrected chi connectivity index (χ3v) is 4.19. The van der Waals surface area contributed by atoms with Crippen LogP contribution in [0.3, 0.4) is 0 Å². The highest BCUT2D eigenvalue weighted by molar-refractivity contribution is 5.82. The molecule has 122 valence electrons. The van der Waals surface area contributed by atoms with E-state index in [0.29, 0.717) is 6.42 Å². The van der Waals surface area contributed by atoms with Gasteiger partial charge in [0.05, 0.1) is 0 Å². The topological polar surface area (TPSA) is 78.4 Å². The molecule has 1 atom stereocenters. The molecule has 5 nitrogen and oxygen atoms in total. The number of aliphatic carboxylic acids is 1. The maximum Gasteiger partial charge on any atom is 0.326 e. The highest BCUT2D eigenvalue weighted by Crippen LogP contribution is 2.27. The maximum absolute atomic E-state index is 11.9. The van der Waals surface area contributed by atoms with Crippen LogP contribution >= 0.6 is 0 Å². The zero-order valence-corrected chi connectivity index (χ0v) is 13.5. The largest absolute Gasteiger partial charge is 0.480 e. The van der Waals surface area contributed by atoms with Gasteiger partial charge in [-0.05, 0) is 43.9 Å². The summed E-state index contributed by atoms with van der Waals surface area (Å²) in [6.07, 6.45) is 7.26. The lowest BCUT2D eigenvalue weighted by Gasteiger charge is -2.29. The van der Waals surface area contributed by atoms with Gasteiger partial charge >= 0.3 is 12.0 Å². The molecule has 1 saturated carbocycles. The third kappa shape index (κ3) is 6.82. The van der Waals surface area contributed by atoms with Gasteiger partial charge in [-0.1, -0.05) is 33.6 Å². The van der Waals surface area contributed by atoms with Crippen LogP contribution < -0.4 is 10.6 Å². The van der Waals surface area contributed by atoms with Gasteiger partial charge in [-0.2, -0.15) is 0 Å². The number of nitrogens with one attached hydrogen (secondary N) is 2. The average Bonchev–Trinajstić information content (AvgIpc) is 2.40. The molecule has 2 amide bonds. The number of rotatable bonds is 7. The van der Waals surface area contributed by atoms with E-state index < -0.39 is 12.0 Å². The van der Waals surface area contributed by atoms with Crippen molar-refractivity contribution in [3.8, 4) is 0 Å². The minimum Gasteiger partial charge on any atom is -0.480 e. The molecule has 1 aliphatic carbocycles. The Morgan fingerprint density at radius 3 is 2.29 bits per heavy atom. The number of carboxylic acid groups (broad SMARTS) is 1. The van der Waals surface area contributed by atoms with Crippen LogP contribution in [0.5, 0.6) is 0 Å². The standard InChI is InChI=1S/C16H30N2O3/c1-4-5-12-6-8-13(9-7-12)17-16(21)18-14(15(19)20)10-11(2)3/h11-14H,4-10H2,1-3H3,(H,19,20)(H2,17,18,21). The van der Waals surface area contributed by atoms with Crippen LogP contribution in [0.4, 0.5) is 4.79 Å². The van der Waals surface area contributed by atoms with Gasteiger partial charge in [0, 0.05) is 6.04 Å². The third-order valence-electron chi connectivity index (χ3n) is 4.19. The summed E-state index contributed by atoms with van der Waals surface area (Å²) in [6, 6.07) is -0.963. The van der Waals surface area contributed by atoms with E-state index in [1.165, 1.54) is 12.8 Å². The molecule has 1 fully saturated rings. The van der Waals surface area contributed by atoms with Gasteiger partial charge in [-0.15, -0.1) is 0 Å². The first-order valence-electron chi connectivity index (χ1n) is 8.22. The number of hydrogen-bond donors (Lipinski definition) is 3. The van der Waals surface area contributed by atoms with Crippen molar-refractivity contribution in [2.45, 2.75) is 77.8 Å². The molecule has 0 saturated heterocycles. The van der Waals surface area contributed by atoms with Gasteiger partial charge in [-0.25, -0.2) is 9.59 Å². The van der Waals surface area contributed by atoms with Crippen molar-refractivity contribution in [3.05, 3.63) is 0 Å². The van der Waals surface area contributed by atoms with Crippen molar-refractivity contribution >= 4 is 12.0 Å². The molecule has 1 unspecified atom stereocenters. The van der Waals surface area contributed by atoms with Crippen LogP contribution in [0.25, 0.3) is 0 Å². The van der Waals surface area contributed by atoms with Gasteiger partial charge in [-0.3, -0.25) is 0 Å². The van der Waals surface area contributed by atoms with Crippen molar-refractivity contribution in [1.82, 2.24) is 10.6 Å². The number of carbonyl (C=O) groups is 2. The predicted octanol–water partition coefficient (Wildman–Crippen LogP) is 3.14. The van der Waals surface area contributed by atoms with E-state index in [1.54, 1.807) is 0 Å². The fraction of sp³-hybridized carbons (Fsp3) is 0.875. The van der Waals surface area contributed by atoms with E-state index in [0.717, 1.165) is 31.6 Å². The fourth-order valence-corrected chi connectivity index (χ4v) is 3.08. The number of carbonyl (C=O) groups excluding carboxylic acids is 1. The van der Waals surface area contributed by atoms with Crippen LogP contribution in [0.15, 0.2) is 0 Å². The quantitative estimate of drug-likeness (QED) is 0.675. The second-order valence-electron chi connectivity index (χ2n) is 6.64. The van der Waals surface area contributed by atoms with Gasteiger partial charge in [0.1, 0.15) is 6.04 Å². The summed E-state index contributed by atoms with van der Waals surface area (Å²) in [4.78, 5) is 23.1. The molecular formula is C16H30N2O3. The average molecular weight is 298 g/mol. The summed E-state index contributed by atoms with van der Waals surface area (Å²) in [5.74, 6) is 0.0604. The molecule has 0 aromatic carbocycles. The molecule has 1 rings (SSSR count). The van der Waals surface area contributed by atoms with Crippen molar-refractivity contribution in [2.24, 2.45) is 11.8 Å². The molecule has 21 heavy (non-hydrogen) atoms. The van der Waals surface area contributed by atoms with Crippen LogP contribution in [0.1, 0.15) is 65.7 Å². The van der Waals surface area contributed by atoms with Crippen LogP contribution in [-0.4, -0.2) is 29.2 Å². The van der Waals surface area contributed by atoms with E-state index in [2.05, 4.69) is 17.6 Å². The van der Waals surface area contributed by atoms with Gasteiger partial charge in [0.25, 0.3) is 0 Å². The lowest BCUT2D eigenvalue weighted by Crippen LogP contribution is -2.50. The van der Waals surface area contributed by atoms with Crippen molar-refractivity contribution < 1.29 is 14.7 Å². The van der Waals surface area contributed by atoms with E-state index in [1.807, 2.05) is 13.8 Å². The normalized spacial score (nSPS) is 23.6. The second-order valence-corrected chi connectivity index (χ2v) is 6.64. The molecule has 0 spiro atoms. The zero-order chi connectivity index (χ0) is 15.8. The van der Waals surface area contributed by atoms with Crippen molar-refractivity contribution in [1.29, 1.82) is 0 Å². The molecule has 0 heterocycles. The van der Waals surface area contributed by atoms with Gasteiger partial charge in [0.2, 0.25) is 0 Å². The number of urea groups is 1. The SMILES string of the molecule is CCCC1CCC(NC(=O)NC(CC(C)C)C(=O)O)CC1. The highest BCUT2D eigenvalue weighted by Gasteiger charge is 2.25. The first-order chi connectivity index (χ1) is 9.92. The Hall–Kier alpha value is -1.26. The fourth-order valence-electron chi connectivity index (χ4n) is 3.08. The first-order valence-corrected chi connectivity index (χ1v) is 8.22. The summed E-state index contributed by atoms with van der Waals surface area (Å²) in [7, 11) is 0. The molecule has 0 bridgehead atoms. The summed E-state index contributed by atoms with van der Waals surface area (Å²) in [5, 5.41) is 14.6.